The van der Waals surface area contributed by atoms with Gasteiger partial charge in [0.2, 0.25) is 5.91 Å². The van der Waals surface area contributed by atoms with Crippen LogP contribution in [0.5, 0.6) is 0 Å². The van der Waals surface area contributed by atoms with Crippen molar-refractivity contribution < 1.29 is 13.2 Å². The van der Waals surface area contributed by atoms with Crippen LogP contribution in [0.25, 0.3) is 0 Å². The maximum Gasteiger partial charge on any atom is 0.226 e. The van der Waals surface area contributed by atoms with E-state index in [1.54, 1.807) is 0 Å². The third kappa shape index (κ3) is 3.51. The van der Waals surface area contributed by atoms with E-state index in [2.05, 4.69) is 29.3 Å². The minimum atomic E-state index is -2.94. The number of nitrogens with one attached hydrogen (secondary N) is 1. The highest BCUT2D eigenvalue weighted by molar-refractivity contribution is 7.91. The van der Waals surface area contributed by atoms with Crippen LogP contribution >= 0.6 is 12.4 Å². The molecule has 3 fully saturated rings. The van der Waals surface area contributed by atoms with Gasteiger partial charge in [-0.2, -0.15) is 0 Å². The molecule has 1 amide bonds. The van der Waals surface area contributed by atoms with Gasteiger partial charge in [-0.15, -0.1) is 12.4 Å². The number of carbonyl (C=O) groups is 1. The number of likely N-dealkylation sites (tertiary alicyclic amines) is 1. The van der Waals surface area contributed by atoms with E-state index in [0.29, 0.717) is 24.7 Å². The fourth-order valence-electron chi connectivity index (χ4n) is 4.84. The fourth-order valence-corrected chi connectivity index (χ4v) is 6.33. The maximum atomic E-state index is 13.2. The van der Waals surface area contributed by atoms with E-state index >= 15 is 0 Å². The lowest BCUT2D eigenvalue weighted by molar-refractivity contribution is -0.137. The third-order valence-corrected chi connectivity index (χ3v) is 7.97. The van der Waals surface area contributed by atoms with Crippen molar-refractivity contribution in [3.05, 3.63) is 35.4 Å². The van der Waals surface area contributed by atoms with Crippen molar-refractivity contribution in [3.63, 3.8) is 0 Å². The van der Waals surface area contributed by atoms with Crippen LogP contribution in [0.2, 0.25) is 0 Å². The number of aryl methyl sites for hydroxylation is 1. The molecule has 0 bridgehead atoms. The van der Waals surface area contributed by atoms with Crippen molar-refractivity contribution in [1.82, 2.24) is 10.2 Å². The predicted octanol–water partition coefficient (Wildman–Crippen LogP) is 1.96. The molecular weight excluding hydrogens is 372 g/mol. The Morgan fingerprint density at radius 2 is 1.85 bits per heavy atom. The van der Waals surface area contributed by atoms with E-state index in [1.807, 2.05) is 12.1 Å². The van der Waals surface area contributed by atoms with Crippen molar-refractivity contribution in [1.29, 1.82) is 0 Å². The first kappa shape index (κ1) is 19.6. The SMILES string of the molecule is Cc1ccccc1[C@@H]1[C@H]2CNC[C@H]2CN1C(=O)C1CCS(=O)(=O)CC1.Cl. The van der Waals surface area contributed by atoms with Gasteiger partial charge in [0.25, 0.3) is 0 Å². The first-order chi connectivity index (χ1) is 12.0. The maximum absolute atomic E-state index is 13.2. The van der Waals surface area contributed by atoms with Crippen LogP contribution in [0.3, 0.4) is 0 Å². The molecule has 4 rings (SSSR count). The summed E-state index contributed by atoms with van der Waals surface area (Å²) in [5, 5.41) is 3.48. The fraction of sp³-hybridized carbons (Fsp3) is 0.632. The zero-order valence-electron chi connectivity index (χ0n) is 15.1. The van der Waals surface area contributed by atoms with E-state index < -0.39 is 9.84 Å². The highest BCUT2D eigenvalue weighted by atomic mass is 35.5. The molecule has 1 aromatic rings. The molecular formula is C19H27ClN2O3S. The van der Waals surface area contributed by atoms with Gasteiger partial charge in [0.05, 0.1) is 17.5 Å². The van der Waals surface area contributed by atoms with E-state index in [9.17, 15) is 13.2 Å². The van der Waals surface area contributed by atoms with Crippen molar-refractivity contribution >= 4 is 28.2 Å². The average Bonchev–Trinajstić information content (AvgIpc) is 3.16. The quantitative estimate of drug-likeness (QED) is 0.827. The number of hydrogen-bond acceptors (Lipinski definition) is 4. The molecule has 3 saturated heterocycles. The molecule has 0 radical (unpaired) electrons. The molecule has 1 aromatic carbocycles. The van der Waals surface area contributed by atoms with E-state index in [-0.39, 0.29) is 41.8 Å². The van der Waals surface area contributed by atoms with Crippen LogP contribution in [0, 0.1) is 24.7 Å². The van der Waals surface area contributed by atoms with E-state index in [1.165, 1.54) is 11.1 Å². The van der Waals surface area contributed by atoms with Crippen LogP contribution in [0.1, 0.15) is 30.0 Å². The lowest BCUT2D eigenvalue weighted by Gasteiger charge is -2.33. The number of hydrogen-bond donors (Lipinski definition) is 1. The minimum Gasteiger partial charge on any atom is -0.335 e. The zero-order valence-corrected chi connectivity index (χ0v) is 16.7. The molecule has 0 unspecified atom stereocenters. The Morgan fingerprint density at radius 1 is 1.15 bits per heavy atom. The second kappa shape index (κ2) is 7.49. The van der Waals surface area contributed by atoms with Gasteiger partial charge in [-0.1, -0.05) is 24.3 Å². The summed E-state index contributed by atoms with van der Waals surface area (Å²) in [6, 6.07) is 8.46. The second-order valence-electron chi connectivity index (χ2n) is 7.80. The molecule has 26 heavy (non-hydrogen) atoms. The Labute approximate surface area is 161 Å². The van der Waals surface area contributed by atoms with Crippen molar-refractivity contribution in [2.24, 2.45) is 17.8 Å². The summed E-state index contributed by atoms with van der Waals surface area (Å²) in [6.45, 7) is 4.82. The number of halogens is 1. The molecule has 0 spiro atoms. The molecule has 0 saturated carbocycles. The second-order valence-corrected chi connectivity index (χ2v) is 10.1. The van der Waals surface area contributed by atoms with Crippen LogP contribution < -0.4 is 5.32 Å². The molecule has 3 aliphatic rings. The number of benzene rings is 1. The van der Waals surface area contributed by atoms with Crippen LogP contribution in [0.4, 0.5) is 0 Å². The number of amides is 1. The molecule has 7 heteroatoms. The minimum absolute atomic E-state index is 0. The topological polar surface area (TPSA) is 66.5 Å². The lowest BCUT2D eigenvalue weighted by atomic mass is 9.87. The summed E-state index contributed by atoms with van der Waals surface area (Å²) < 4.78 is 23.4. The van der Waals surface area contributed by atoms with Crippen molar-refractivity contribution in [3.8, 4) is 0 Å². The lowest BCUT2D eigenvalue weighted by Crippen LogP contribution is -2.41. The molecule has 3 atom stereocenters. The van der Waals surface area contributed by atoms with Gasteiger partial charge < -0.3 is 10.2 Å². The number of carbonyl (C=O) groups excluding carboxylic acids is 1. The van der Waals surface area contributed by atoms with Gasteiger partial charge in [-0.3, -0.25) is 4.79 Å². The highest BCUT2D eigenvalue weighted by Gasteiger charge is 2.48. The zero-order chi connectivity index (χ0) is 17.6. The van der Waals surface area contributed by atoms with Crippen LogP contribution in [0.15, 0.2) is 24.3 Å². The monoisotopic (exact) mass is 398 g/mol. The van der Waals surface area contributed by atoms with Crippen LogP contribution in [-0.4, -0.2) is 50.4 Å². The number of fused-ring (bicyclic) bond motifs is 1. The molecule has 0 aromatic heterocycles. The molecule has 144 valence electrons. The van der Waals surface area contributed by atoms with Gasteiger partial charge >= 0.3 is 0 Å². The summed E-state index contributed by atoms with van der Waals surface area (Å²) in [6.07, 6.45) is 0.956. The molecule has 1 N–H and O–H groups in total. The van der Waals surface area contributed by atoms with Gasteiger partial charge in [-0.25, -0.2) is 8.42 Å². The Balaban J connectivity index is 0.00000196. The van der Waals surface area contributed by atoms with Gasteiger partial charge in [0, 0.05) is 31.5 Å². The van der Waals surface area contributed by atoms with Crippen molar-refractivity contribution in [2.45, 2.75) is 25.8 Å². The number of nitrogens with zero attached hydrogens (tertiary/aromatic N) is 1. The Hall–Kier alpha value is -1.11. The van der Waals surface area contributed by atoms with Crippen molar-refractivity contribution in [2.75, 3.05) is 31.1 Å². The third-order valence-electron chi connectivity index (χ3n) is 6.26. The van der Waals surface area contributed by atoms with Crippen LogP contribution in [-0.2, 0) is 14.6 Å². The smallest absolute Gasteiger partial charge is 0.226 e. The number of rotatable bonds is 2. The Kier molecular flexibility index (Phi) is 5.66. The Bertz CT molecular complexity index is 769. The summed E-state index contributed by atoms with van der Waals surface area (Å²) >= 11 is 0. The van der Waals surface area contributed by atoms with E-state index in [4.69, 9.17) is 0 Å². The highest BCUT2D eigenvalue weighted by Crippen LogP contribution is 2.44. The summed E-state index contributed by atoms with van der Waals surface area (Å²) in [7, 11) is -2.94. The van der Waals surface area contributed by atoms with Gasteiger partial charge in [0.1, 0.15) is 9.84 Å². The molecule has 3 aliphatic heterocycles. The summed E-state index contributed by atoms with van der Waals surface area (Å²) in [5.74, 6) is 1.29. The normalized spacial score (nSPS) is 30.7. The van der Waals surface area contributed by atoms with Gasteiger partial charge in [-0.05, 0) is 36.8 Å². The van der Waals surface area contributed by atoms with E-state index in [0.717, 1.165) is 19.6 Å². The molecule has 5 nitrogen and oxygen atoms in total. The summed E-state index contributed by atoms with van der Waals surface area (Å²) in [4.78, 5) is 15.3. The average molecular weight is 399 g/mol. The first-order valence-corrected chi connectivity index (χ1v) is 11.1. The first-order valence-electron chi connectivity index (χ1n) is 9.23. The molecule has 3 heterocycles. The molecule has 0 aliphatic carbocycles. The number of sulfone groups is 1. The predicted molar refractivity (Wildman–Crippen MR) is 104 cm³/mol. The largest absolute Gasteiger partial charge is 0.335 e. The summed E-state index contributed by atoms with van der Waals surface area (Å²) in [5.41, 5.74) is 2.47. The Morgan fingerprint density at radius 3 is 2.54 bits per heavy atom. The standard InChI is InChI=1S/C19H26N2O3S.ClH/c1-13-4-2-3-5-16(13)18-17-11-20-10-15(17)12-21(18)19(22)14-6-8-25(23,24)9-7-14;/h2-5,14-15,17-18,20H,6-12H2,1H3;1H/t15-,17-,18+;/m0./s1. The van der Waals surface area contributed by atoms with Gasteiger partial charge in [0.15, 0.2) is 0 Å².